The molecular weight excluding hydrogens is 441 g/mol. The van der Waals surface area contributed by atoms with E-state index in [9.17, 15) is 4.39 Å². The van der Waals surface area contributed by atoms with E-state index < -0.39 is 0 Å². The number of allylic oxidation sites excluding steroid dienone is 1. The summed E-state index contributed by atoms with van der Waals surface area (Å²) in [7, 11) is 0. The highest BCUT2D eigenvalue weighted by Gasteiger charge is 2.50. The van der Waals surface area contributed by atoms with Gasteiger partial charge in [-0.25, -0.2) is 9.37 Å². The molecule has 0 bridgehead atoms. The van der Waals surface area contributed by atoms with Gasteiger partial charge in [0.2, 0.25) is 0 Å². The summed E-state index contributed by atoms with van der Waals surface area (Å²) in [6.45, 7) is 0. The van der Waals surface area contributed by atoms with Gasteiger partial charge in [-0.15, -0.1) is 10.2 Å². The molecule has 2 fully saturated rings. The van der Waals surface area contributed by atoms with Gasteiger partial charge in [0.15, 0.2) is 5.82 Å². The van der Waals surface area contributed by atoms with Crippen molar-refractivity contribution in [3.63, 3.8) is 0 Å². The fourth-order valence-electron chi connectivity index (χ4n) is 4.97. The van der Waals surface area contributed by atoms with Crippen molar-refractivity contribution in [3.05, 3.63) is 89.3 Å². The van der Waals surface area contributed by atoms with Crippen LogP contribution < -0.4 is 5.73 Å². The van der Waals surface area contributed by atoms with Crippen molar-refractivity contribution in [3.8, 4) is 11.3 Å². The summed E-state index contributed by atoms with van der Waals surface area (Å²) in [6, 6.07) is 15.4. The van der Waals surface area contributed by atoms with E-state index in [1.807, 2.05) is 18.2 Å². The maximum atomic E-state index is 15.0. The van der Waals surface area contributed by atoms with E-state index in [0.29, 0.717) is 28.3 Å². The third-order valence-electron chi connectivity index (χ3n) is 7.36. The molecule has 0 atom stereocenters. The lowest BCUT2D eigenvalue weighted by Gasteiger charge is -2.20. The normalized spacial score (nSPS) is 16.4. The van der Waals surface area contributed by atoms with E-state index in [2.05, 4.69) is 38.4 Å². The summed E-state index contributed by atoms with van der Waals surface area (Å²) in [6.07, 6.45) is 8.31. The Morgan fingerprint density at radius 3 is 2.66 bits per heavy atom. The number of halogens is 1. The Morgan fingerprint density at radius 1 is 1.00 bits per heavy atom. The summed E-state index contributed by atoms with van der Waals surface area (Å²) in [4.78, 5) is 8.89. The van der Waals surface area contributed by atoms with Crippen LogP contribution in [0.4, 0.5) is 4.39 Å². The van der Waals surface area contributed by atoms with E-state index in [0.717, 1.165) is 60.0 Å². The van der Waals surface area contributed by atoms with Gasteiger partial charge in [0, 0.05) is 28.4 Å². The first-order valence-corrected chi connectivity index (χ1v) is 11.8. The SMILES string of the molecule is NC(=C1CCC1)c1ccc(-c2cnc3nnc(C4(c5ccc6ncccc6c5)CC4)n3n2)cc1F. The Bertz CT molecular complexity index is 1660. The van der Waals surface area contributed by atoms with Crippen LogP contribution in [0.2, 0.25) is 0 Å². The van der Waals surface area contributed by atoms with E-state index >= 15 is 0 Å². The standard InChI is InChI=1S/C27H22FN7/c28-21-14-18(6-8-20(21)24(29)16-3-1-4-16)23-15-31-26-33-32-25(35(26)34-23)27(10-11-27)19-7-9-22-17(13-19)5-2-12-30-22/h2,5-9,12-15H,1,3-4,10-11,29H2. The zero-order valence-electron chi connectivity index (χ0n) is 18.9. The first kappa shape index (κ1) is 20.2. The number of hydrogen-bond donors (Lipinski definition) is 1. The van der Waals surface area contributed by atoms with E-state index in [1.54, 1.807) is 23.0 Å². The Hall–Kier alpha value is -4.20. The summed E-state index contributed by atoms with van der Waals surface area (Å²) in [5, 5.41) is 14.6. The van der Waals surface area contributed by atoms with Crippen molar-refractivity contribution in [2.45, 2.75) is 37.5 Å². The molecule has 5 aromatic rings. The topological polar surface area (TPSA) is 94.9 Å². The number of benzene rings is 2. The maximum absolute atomic E-state index is 15.0. The molecule has 0 unspecified atom stereocenters. The fraction of sp³-hybridized carbons (Fsp3) is 0.222. The summed E-state index contributed by atoms with van der Waals surface area (Å²) < 4.78 is 16.7. The zero-order chi connectivity index (χ0) is 23.6. The number of fused-ring (bicyclic) bond motifs is 2. The highest BCUT2D eigenvalue weighted by molar-refractivity contribution is 5.79. The second kappa shape index (κ2) is 7.40. The van der Waals surface area contributed by atoms with Gasteiger partial charge in [0.1, 0.15) is 11.5 Å². The lowest BCUT2D eigenvalue weighted by Crippen LogP contribution is -2.15. The van der Waals surface area contributed by atoms with Crippen LogP contribution in [0.5, 0.6) is 0 Å². The molecule has 172 valence electrons. The second-order valence-electron chi connectivity index (χ2n) is 9.44. The Morgan fingerprint density at radius 2 is 1.89 bits per heavy atom. The van der Waals surface area contributed by atoms with Crippen molar-refractivity contribution in [2.75, 3.05) is 0 Å². The molecule has 2 aromatic carbocycles. The quantitative estimate of drug-likeness (QED) is 0.411. The van der Waals surface area contributed by atoms with Gasteiger partial charge >= 0.3 is 0 Å². The van der Waals surface area contributed by atoms with Crippen LogP contribution in [-0.2, 0) is 5.41 Å². The minimum Gasteiger partial charge on any atom is -0.398 e. The van der Waals surface area contributed by atoms with Gasteiger partial charge in [0.25, 0.3) is 5.78 Å². The summed E-state index contributed by atoms with van der Waals surface area (Å²) in [5.41, 5.74) is 11.4. The van der Waals surface area contributed by atoms with E-state index in [4.69, 9.17) is 10.8 Å². The average Bonchev–Trinajstić information content (AvgIpc) is 3.54. The van der Waals surface area contributed by atoms with Crippen LogP contribution >= 0.6 is 0 Å². The lowest BCUT2D eigenvalue weighted by atomic mass is 9.88. The first-order chi connectivity index (χ1) is 17.1. The van der Waals surface area contributed by atoms with Gasteiger partial charge in [-0.3, -0.25) is 4.98 Å². The summed E-state index contributed by atoms with van der Waals surface area (Å²) >= 11 is 0. The molecule has 7 nitrogen and oxygen atoms in total. The van der Waals surface area contributed by atoms with Crippen LogP contribution in [0.15, 0.2) is 66.5 Å². The molecule has 0 aliphatic heterocycles. The maximum Gasteiger partial charge on any atom is 0.271 e. The molecule has 2 saturated carbocycles. The van der Waals surface area contributed by atoms with Crippen molar-refractivity contribution in [1.29, 1.82) is 0 Å². The number of rotatable bonds is 4. The third kappa shape index (κ3) is 3.13. The molecule has 0 spiro atoms. The van der Waals surface area contributed by atoms with Crippen LogP contribution in [0.1, 0.15) is 49.1 Å². The number of pyridine rings is 1. The molecule has 0 saturated heterocycles. The van der Waals surface area contributed by atoms with Crippen molar-refractivity contribution >= 4 is 22.4 Å². The van der Waals surface area contributed by atoms with Gasteiger partial charge in [-0.1, -0.05) is 18.2 Å². The molecule has 2 aliphatic carbocycles. The van der Waals surface area contributed by atoms with Gasteiger partial charge in [-0.2, -0.15) is 9.61 Å². The minimum atomic E-state index is -0.353. The van der Waals surface area contributed by atoms with Gasteiger partial charge in [0.05, 0.1) is 17.1 Å². The molecule has 8 heteroatoms. The molecule has 2 N–H and O–H groups in total. The Labute approximate surface area is 200 Å². The summed E-state index contributed by atoms with van der Waals surface area (Å²) in [5.74, 6) is 0.823. The van der Waals surface area contributed by atoms with Gasteiger partial charge < -0.3 is 5.73 Å². The van der Waals surface area contributed by atoms with Crippen LogP contribution in [0.25, 0.3) is 33.6 Å². The molecule has 0 amide bonds. The molecule has 35 heavy (non-hydrogen) atoms. The number of nitrogens with zero attached hydrogens (tertiary/aromatic N) is 6. The van der Waals surface area contributed by atoms with E-state index in [-0.39, 0.29) is 11.2 Å². The van der Waals surface area contributed by atoms with Crippen LogP contribution in [0, 0.1) is 5.82 Å². The van der Waals surface area contributed by atoms with Crippen molar-refractivity contribution in [1.82, 2.24) is 29.8 Å². The zero-order valence-corrected chi connectivity index (χ0v) is 18.9. The molecule has 7 rings (SSSR count). The minimum absolute atomic E-state index is 0.269. The third-order valence-corrected chi connectivity index (χ3v) is 7.36. The molecule has 2 aliphatic rings. The highest BCUT2D eigenvalue weighted by Crippen LogP contribution is 2.53. The predicted octanol–water partition coefficient (Wildman–Crippen LogP) is 4.81. The Balaban J connectivity index is 1.29. The molecule has 3 aromatic heterocycles. The van der Waals surface area contributed by atoms with Crippen LogP contribution in [0.3, 0.4) is 0 Å². The van der Waals surface area contributed by atoms with E-state index in [1.165, 1.54) is 6.07 Å². The lowest BCUT2D eigenvalue weighted by molar-refractivity contribution is 0.620. The fourth-order valence-corrected chi connectivity index (χ4v) is 4.97. The number of aromatic nitrogens is 6. The number of nitrogens with two attached hydrogens (primary N) is 1. The number of hydrogen-bond acceptors (Lipinski definition) is 6. The Kier molecular flexibility index (Phi) is 4.27. The first-order valence-electron chi connectivity index (χ1n) is 11.8. The van der Waals surface area contributed by atoms with Crippen molar-refractivity contribution in [2.24, 2.45) is 5.73 Å². The smallest absolute Gasteiger partial charge is 0.271 e. The predicted molar refractivity (Wildman–Crippen MR) is 131 cm³/mol. The van der Waals surface area contributed by atoms with Crippen molar-refractivity contribution < 1.29 is 4.39 Å². The molecular formula is C27H22FN7. The monoisotopic (exact) mass is 463 g/mol. The largest absolute Gasteiger partial charge is 0.398 e. The average molecular weight is 464 g/mol. The van der Waals surface area contributed by atoms with Gasteiger partial charge in [-0.05, 0) is 73.6 Å². The molecule has 3 heterocycles. The second-order valence-corrected chi connectivity index (χ2v) is 9.44. The van der Waals surface area contributed by atoms with Crippen LogP contribution in [-0.4, -0.2) is 29.8 Å². The highest BCUT2D eigenvalue weighted by atomic mass is 19.1. The molecule has 0 radical (unpaired) electrons.